The van der Waals surface area contributed by atoms with Crippen molar-refractivity contribution in [1.82, 2.24) is 0 Å². The molecule has 1 aliphatic carbocycles. The van der Waals surface area contributed by atoms with Crippen molar-refractivity contribution in [2.24, 2.45) is 5.92 Å². The van der Waals surface area contributed by atoms with Crippen LogP contribution in [0.2, 0.25) is 5.02 Å². The molecule has 0 spiro atoms. The average molecular weight is 279 g/mol. The van der Waals surface area contributed by atoms with Gasteiger partial charge in [0.25, 0.3) is 0 Å². The third-order valence-electron chi connectivity index (χ3n) is 3.34. The number of hydrogen-bond acceptors (Lipinski definition) is 2. The molecule has 0 fully saturated rings. The number of nitrogens with one attached hydrogen (secondary N) is 1. The molecule has 1 aliphatic rings. The summed E-state index contributed by atoms with van der Waals surface area (Å²) in [6, 6.07) is 5.54. The Hall–Kier alpha value is -1.48. The van der Waals surface area contributed by atoms with E-state index in [0.29, 0.717) is 5.02 Å². The smallest absolute Gasteiger partial charge is 0.227 e. The Morgan fingerprint density at radius 2 is 2.16 bits per heavy atom. The van der Waals surface area contributed by atoms with Crippen LogP contribution in [0.25, 0.3) is 0 Å². The molecule has 1 aromatic rings. The average Bonchev–Trinajstić information content (AvgIpc) is 2.39. The molecule has 1 atom stereocenters. The van der Waals surface area contributed by atoms with Gasteiger partial charge in [-0.15, -0.1) is 0 Å². The Kier molecular flexibility index (Phi) is 4.48. The van der Waals surface area contributed by atoms with Crippen molar-refractivity contribution < 1.29 is 4.79 Å². The van der Waals surface area contributed by atoms with Gasteiger partial charge in [0.2, 0.25) is 5.91 Å². The van der Waals surface area contributed by atoms with E-state index in [2.05, 4.69) is 17.5 Å². The maximum atomic E-state index is 12.2. The fourth-order valence-corrected chi connectivity index (χ4v) is 2.44. The van der Waals surface area contributed by atoms with Crippen LogP contribution >= 0.6 is 11.6 Å². The van der Waals surface area contributed by atoms with Crippen LogP contribution in [-0.4, -0.2) is 20.0 Å². The molecule has 0 radical (unpaired) electrons. The molecule has 0 aromatic heterocycles. The van der Waals surface area contributed by atoms with E-state index in [4.69, 9.17) is 11.6 Å². The van der Waals surface area contributed by atoms with Gasteiger partial charge in [-0.3, -0.25) is 4.79 Å². The van der Waals surface area contributed by atoms with E-state index in [1.54, 1.807) is 6.07 Å². The fourth-order valence-electron chi connectivity index (χ4n) is 2.26. The Labute approximate surface area is 119 Å². The summed E-state index contributed by atoms with van der Waals surface area (Å²) in [5, 5.41) is 3.63. The molecule has 102 valence electrons. The summed E-state index contributed by atoms with van der Waals surface area (Å²) in [5.41, 5.74) is 1.74. The zero-order valence-electron chi connectivity index (χ0n) is 11.3. The predicted molar refractivity (Wildman–Crippen MR) is 80.9 cm³/mol. The normalized spacial score (nSPS) is 18.2. The van der Waals surface area contributed by atoms with Crippen LogP contribution in [0.3, 0.4) is 0 Å². The highest BCUT2D eigenvalue weighted by Crippen LogP contribution is 2.29. The molecule has 4 heteroatoms. The van der Waals surface area contributed by atoms with Crippen molar-refractivity contribution in [3.8, 4) is 0 Å². The first kappa shape index (κ1) is 13.9. The van der Waals surface area contributed by atoms with Crippen molar-refractivity contribution in [1.29, 1.82) is 0 Å². The molecule has 1 N–H and O–H groups in total. The summed E-state index contributed by atoms with van der Waals surface area (Å²) in [5.74, 6) is 0.147. The summed E-state index contributed by atoms with van der Waals surface area (Å²) >= 11 is 6.01. The molecular formula is C15H19ClN2O. The second-order valence-corrected chi connectivity index (χ2v) is 5.46. The number of benzene rings is 1. The second kappa shape index (κ2) is 6.11. The van der Waals surface area contributed by atoms with Gasteiger partial charge in [-0.1, -0.05) is 23.8 Å². The maximum absolute atomic E-state index is 12.2. The SMILES string of the molecule is CN(C)c1ccc(Cl)cc1NC(=O)C1CC=CCC1. The number of carbonyl (C=O) groups is 1. The summed E-state index contributed by atoms with van der Waals surface area (Å²) < 4.78 is 0. The molecule has 0 saturated carbocycles. The minimum absolute atomic E-state index is 0.0685. The molecule has 2 rings (SSSR count). The molecular weight excluding hydrogens is 260 g/mol. The highest BCUT2D eigenvalue weighted by atomic mass is 35.5. The zero-order valence-corrected chi connectivity index (χ0v) is 12.1. The number of hydrogen-bond donors (Lipinski definition) is 1. The lowest BCUT2D eigenvalue weighted by Crippen LogP contribution is -2.24. The number of halogens is 1. The van der Waals surface area contributed by atoms with Gasteiger partial charge < -0.3 is 10.2 Å². The minimum atomic E-state index is 0.0685. The molecule has 1 aromatic carbocycles. The van der Waals surface area contributed by atoms with Crippen molar-refractivity contribution in [3.63, 3.8) is 0 Å². The molecule has 1 amide bonds. The third-order valence-corrected chi connectivity index (χ3v) is 3.57. The van der Waals surface area contributed by atoms with Gasteiger partial charge >= 0.3 is 0 Å². The maximum Gasteiger partial charge on any atom is 0.227 e. The first-order valence-corrected chi connectivity index (χ1v) is 6.88. The lowest BCUT2D eigenvalue weighted by atomic mass is 9.93. The standard InChI is InChI=1S/C15H19ClN2O/c1-18(2)14-9-8-12(16)10-13(14)17-15(19)11-6-4-3-5-7-11/h3-4,8-11H,5-7H2,1-2H3,(H,17,19). The van der Waals surface area contributed by atoms with Gasteiger partial charge in [0.05, 0.1) is 11.4 Å². The van der Waals surface area contributed by atoms with E-state index in [0.717, 1.165) is 30.6 Å². The first-order valence-electron chi connectivity index (χ1n) is 6.50. The van der Waals surface area contributed by atoms with Gasteiger partial charge in [-0.25, -0.2) is 0 Å². The molecule has 0 aliphatic heterocycles. The van der Waals surface area contributed by atoms with E-state index >= 15 is 0 Å². The molecule has 0 bridgehead atoms. The number of anilines is 2. The molecule has 19 heavy (non-hydrogen) atoms. The summed E-state index contributed by atoms with van der Waals surface area (Å²) in [6.07, 6.45) is 6.94. The van der Waals surface area contributed by atoms with E-state index < -0.39 is 0 Å². The van der Waals surface area contributed by atoms with Crippen molar-refractivity contribution in [2.45, 2.75) is 19.3 Å². The summed E-state index contributed by atoms with van der Waals surface area (Å²) in [6.45, 7) is 0. The van der Waals surface area contributed by atoms with Gasteiger partial charge in [0.1, 0.15) is 0 Å². The van der Waals surface area contributed by atoms with E-state index in [1.807, 2.05) is 31.1 Å². The molecule has 1 unspecified atom stereocenters. The Morgan fingerprint density at radius 1 is 1.37 bits per heavy atom. The van der Waals surface area contributed by atoms with Crippen molar-refractivity contribution in [3.05, 3.63) is 35.4 Å². The molecule has 0 saturated heterocycles. The second-order valence-electron chi connectivity index (χ2n) is 5.03. The number of nitrogens with zero attached hydrogens (tertiary/aromatic N) is 1. The first-order chi connectivity index (χ1) is 9.08. The fraction of sp³-hybridized carbons (Fsp3) is 0.400. The Morgan fingerprint density at radius 3 is 2.79 bits per heavy atom. The van der Waals surface area contributed by atoms with Crippen LogP contribution in [0.4, 0.5) is 11.4 Å². The Bertz CT molecular complexity index is 497. The molecule has 0 heterocycles. The van der Waals surface area contributed by atoms with Crippen LogP contribution in [0, 0.1) is 5.92 Å². The minimum Gasteiger partial charge on any atom is -0.376 e. The summed E-state index contributed by atoms with van der Waals surface area (Å²) in [4.78, 5) is 14.2. The monoisotopic (exact) mass is 278 g/mol. The van der Waals surface area contributed by atoms with E-state index in [9.17, 15) is 4.79 Å². The van der Waals surface area contributed by atoms with Crippen LogP contribution in [0.15, 0.2) is 30.4 Å². The number of allylic oxidation sites excluding steroid dienone is 2. The van der Waals surface area contributed by atoms with Gasteiger partial charge in [0, 0.05) is 25.0 Å². The predicted octanol–water partition coefficient (Wildman–Crippen LogP) is 3.70. The lowest BCUT2D eigenvalue weighted by molar-refractivity contribution is -0.120. The van der Waals surface area contributed by atoms with Crippen LogP contribution in [0.5, 0.6) is 0 Å². The highest BCUT2D eigenvalue weighted by molar-refractivity contribution is 6.31. The van der Waals surface area contributed by atoms with Crippen molar-refractivity contribution in [2.75, 3.05) is 24.3 Å². The third kappa shape index (κ3) is 3.51. The van der Waals surface area contributed by atoms with Gasteiger partial charge in [-0.05, 0) is 37.5 Å². The zero-order chi connectivity index (χ0) is 13.8. The topological polar surface area (TPSA) is 32.3 Å². The van der Waals surface area contributed by atoms with Crippen molar-refractivity contribution >= 4 is 28.9 Å². The van der Waals surface area contributed by atoms with Crippen LogP contribution in [-0.2, 0) is 4.79 Å². The highest BCUT2D eigenvalue weighted by Gasteiger charge is 2.20. The van der Waals surface area contributed by atoms with Gasteiger partial charge in [-0.2, -0.15) is 0 Å². The summed E-state index contributed by atoms with van der Waals surface area (Å²) in [7, 11) is 3.89. The lowest BCUT2D eigenvalue weighted by Gasteiger charge is -2.21. The van der Waals surface area contributed by atoms with Gasteiger partial charge in [0.15, 0.2) is 0 Å². The number of rotatable bonds is 3. The Balaban J connectivity index is 2.15. The van der Waals surface area contributed by atoms with E-state index in [1.165, 1.54) is 0 Å². The largest absolute Gasteiger partial charge is 0.376 e. The number of carbonyl (C=O) groups excluding carboxylic acids is 1. The van der Waals surface area contributed by atoms with E-state index in [-0.39, 0.29) is 11.8 Å². The van der Waals surface area contributed by atoms with Crippen LogP contribution in [0.1, 0.15) is 19.3 Å². The van der Waals surface area contributed by atoms with Crippen LogP contribution < -0.4 is 10.2 Å². The number of amides is 1. The quantitative estimate of drug-likeness (QED) is 0.855. The molecule has 3 nitrogen and oxygen atoms in total.